The topological polar surface area (TPSA) is 99.0 Å². The molecule has 0 unspecified atom stereocenters. The van der Waals surface area contributed by atoms with Crippen LogP contribution in [0, 0.1) is 11.6 Å². The third-order valence-electron chi connectivity index (χ3n) is 9.50. The van der Waals surface area contributed by atoms with E-state index in [2.05, 4.69) is 21.9 Å². The molecule has 296 valence electrons. The van der Waals surface area contributed by atoms with E-state index in [0.29, 0.717) is 42.0 Å². The third-order valence-corrected chi connectivity index (χ3v) is 9.50. The molecule has 1 aliphatic rings. The fourth-order valence-corrected chi connectivity index (χ4v) is 6.01. The van der Waals surface area contributed by atoms with Crippen LogP contribution in [0.25, 0.3) is 0 Å². The standard InChI is InChI=1S/C41H55F4N5O4/c1-11-21-53-22-23-54-33-18-15-29(35(42)36(33)43)25-50(13-3)49(10)41(19-14-20-41)37(51)27(4)38(52)48-32-17-16-30(39(6,7)44)24-31(32)28(5)46-26-47-34(12-2)40(8,9)45/h12-13,15-18,24,26,51H,3,11,14,19-23,25H2,1-2,4-10H3,(H,48,52)/b34-12-,37-27-,46-28?,47-26?. The summed E-state index contributed by atoms with van der Waals surface area (Å²) in [6.07, 6.45) is 6.69. The quantitative estimate of drug-likeness (QED) is 0.0282. The number of rotatable bonds is 19. The summed E-state index contributed by atoms with van der Waals surface area (Å²) in [4.78, 5) is 22.3. The zero-order valence-corrected chi connectivity index (χ0v) is 33.0. The largest absolute Gasteiger partial charge is 0.510 e. The summed E-state index contributed by atoms with van der Waals surface area (Å²) < 4.78 is 70.5. The van der Waals surface area contributed by atoms with Crippen LogP contribution in [0.3, 0.4) is 0 Å². The minimum absolute atomic E-state index is 0.0205. The molecule has 2 N–H and O–H groups in total. The van der Waals surface area contributed by atoms with E-state index in [1.807, 2.05) is 6.92 Å². The van der Waals surface area contributed by atoms with Gasteiger partial charge in [0.1, 0.15) is 30.0 Å². The van der Waals surface area contributed by atoms with Gasteiger partial charge < -0.3 is 24.9 Å². The summed E-state index contributed by atoms with van der Waals surface area (Å²) in [5, 5.41) is 17.8. The lowest BCUT2D eigenvalue weighted by Crippen LogP contribution is -2.59. The molecule has 54 heavy (non-hydrogen) atoms. The van der Waals surface area contributed by atoms with Crippen LogP contribution in [0.2, 0.25) is 0 Å². The number of carbonyl (C=O) groups is 1. The number of ether oxygens (including phenoxy) is 2. The van der Waals surface area contributed by atoms with Crippen molar-refractivity contribution in [3.8, 4) is 5.75 Å². The Morgan fingerprint density at radius 3 is 2.31 bits per heavy atom. The Morgan fingerprint density at radius 1 is 1.07 bits per heavy atom. The number of aliphatic imine (C=N–C) groups is 2. The zero-order valence-electron chi connectivity index (χ0n) is 33.0. The van der Waals surface area contributed by atoms with Gasteiger partial charge in [-0.15, -0.1) is 0 Å². The molecule has 0 aliphatic heterocycles. The molecule has 13 heteroatoms. The number of benzene rings is 2. The first-order valence-corrected chi connectivity index (χ1v) is 18.1. The molecule has 9 nitrogen and oxygen atoms in total. The lowest BCUT2D eigenvalue weighted by atomic mass is 9.73. The number of nitrogens with one attached hydrogen (secondary N) is 1. The van der Waals surface area contributed by atoms with E-state index in [9.17, 15) is 18.7 Å². The molecule has 3 rings (SSSR count). The Bertz CT molecular complexity index is 1770. The number of carbonyl (C=O) groups excluding carboxylic acids is 1. The van der Waals surface area contributed by atoms with Crippen molar-refractivity contribution in [2.75, 3.05) is 32.2 Å². The van der Waals surface area contributed by atoms with Crippen LogP contribution >= 0.6 is 0 Å². The number of aliphatic hydroxyl groups excluding tert-OH is 1. The Morgan fingerprint density at radius 2 is 1.76 bits per heavy atom. The summed E-state index contributed by atoms with van der Waals surface area (Å²) in [6, 6.07) is 7.47. The number of hydrazine groups is 1. The van der Waals surface area contributed by atoms with Crippen LogP contribution in [0.1, 0.15) is 97.8 Å². The van der Waals surface area contributed by atoms with Gasteiger partial charge in [-0.1, -0.05) is 31.7 Å². The molecular weight excluding hydrogens is 702 g/mol. The van der Waals surface area contributed by atoms with E-state index in [1.54, 1.807) is 55.2 Å². The molecule has 0 bridgehead atoms. The van der Waals surface area contributed by atoms with Crippen molar-refractivity contribution in [3.63, 3.8) is 0 Å². The van der Waals surface area contributed by atoms with Crippen molar-refractivity contribution in [1.29, 1.82) is 0 Å². The minimum atomic E-state index is -1.71. The maximum atomic E-state index is 15.3. The molecule has 0 atom stereocenters. The van der Waals surface area contributed by atoms with Crippen LogP contribution < -0.4 is 10.1 Å². The molecule has 1 amide bonds. The first-order valence-electron chi connectivity index (χ1n) is 18.1. The highest BCUT2D eigenvalue weighted by Gasteiger charge is 2.48. The van der Waals surface area contributed by atoms with E-state index >= 15 is 8.78 Å². The van der Waals surface area contributed by atoms with Gasteiger partial charge in [0.25, 0.3) is 5.91 Å². The van der Waals surface area contributed by atoms with Gasteiger partial charge >= 0.3 is 0 Å². The molecule has 2 aromatic carbocycles. The van der Waals surface area contributed by atoms with Crippen molar-refractivity contribution in [3.05, 3.63) is 94.5 Å². The second-order valence-electron chi connectivity index (χ2n) is 14.3. The van der Waals surface area contributed by atoms with Gasteiger partial charge in [0.05, 0.1) is 35.6 Å². The molecular formula is C41H55F4N5O4. The first-order chi connectivity index (χ1) is 25.3. The molecule has 0 heterocycles. The summed E-state index contributed by atoms with van der Waals surface area (Å²) in [6.45, 7) is 17.0. The van der Waals surface area contributed by atoms with Crippen LogP contribution in [-0.2, 0) is 21.7 Å². The highest BCUT2D eigenvalue weighted by atomic mass is 19.2. The maximum Gasteiger partial charge on any atom is 0.254 e. The van der Waals surface area contributed by atoms with Gasteiger partial charge in [-0.2, -0.15) is 4.39 Å². The van der Waals surface area contributed by atoms with E-state index < -0.39 is 34.4 Å². The molecule has 0 radical (unpaired) electrons. The highest BCUT2D eigenvalue weighted by Crippen LogP contribution is 2.44. The van der Waals surface area contributed by atoms with Crippen LogP contribution in [0.4, 0.5) is 23.2 Å². The number of halogens is 4. The Balaban J connectivity index is 1.89. The van der Waals surface area contributed by atoms with Crippen LogP contribution in [-0.4, -0.2) is 71.2 Å². The molecule has 2 aromatic rings. The fourth-order valence-electron chi connectivity index (χ4n) is 6.01. The van der Waals surface area contributed by atoms with Crippen molar-refractivity contribution >= 4 is 23.6 Å². The smallest absolute Gasteiger partial charge is 0.254 e. The number of aliphatic hydroxyl groups is 1. The third kappa shape index (κ3) is 10.6. The lowest BCUT2D eigenvalue weighted by molar-refractivity contribution is -0.115. The van der Waals surface area contributed by atoms with E-state index in [-0.39, 0.29) is 48.1 Å². The van der Waals surface area contributed by atoms with Gasteiger partial charge in [0.15, 0.2) is 11.6 Å². The van der Waals surface area contributed by atoms with Crippen molar-refractivity contribution in [1.82, 2.24) is 10.0 Å². The van der Waals surface area contributed by atoms with E-state index in [1.165, 1.54) is 59.3 Å². The number of anilines is 1. The number of amides is 1. The van der Waals surface area contributed by atoms with Gasteiger partial charge in [0.2, 0.25) is 5.82 Å². The summed E-state index contributed by atoms with van der Waals surface area (Å²) in [5.74, 6) is -3.24. The SMILES string of the molecule is C=CN(Cc1ccc(OCCOCCC)c(F)c1F)N(C)C1(/C(O)=C(\C)C(=O)Nc2ccc(C(C)(C)F)cc2C(C)=NC=N/C(=C\C)C(C)(C)F)CCC1. The number of hydrogen-bond donors (Lipinski definition) is 2. The number of allylic oxidation sites excluding steroid dienone is 2. The molecule has 0 spiro atoms. The number of nitrogens with zero attached hydrogens (tertiary/aromatic N) is 4. The first kappa shape index (κ1) is 43.9. The predicted octanol–water partition coefficient (Wildman–Crippen LogP) is 9.65. The van der Waals surface area contributed by atoms with E-state index in [4.69, 9.17) is 9.47 Å². The van der Waals surface area contributed by atoms with Gasteiger partial charge in [-0.3, -0.25) is 4.79 Å². The summed E-state index contributed by atoms with van der Waals surface area (Å²) in [5.41, 5.74) is -2.79. The van der Waals surface area contributed by atoms with Gasteiger partial charge in [-0.05, 0) is 97.9 Å². The van der Waals surface area contributed by atoms with Gasteiger partial charge in [0, 0.05) is 36.7 Å². The minimum Gasteiger partial charge on any atom is -0.510 e. The highest BCUT2D eigenvalue weighted by molar-refractivity contribution is 6.11. The number of hydrogen-bond acceptors (Lipinski definition) is 7. The second kappa shape index (κ2) is 18.7. The number of likely N-dealkylation sites (N-methyl/N-ethyl adjacent to an activating group) is 1. The summed E-state index contributed by atoms with van der Waals surface area (Å²) in [7, 11) is 1.68. The fraction of sp³-hybridized carbons (Fsp3) is 0.488. The Labute approximate surface area is 317 Å². The van der Waals surface area contributed by atoms with Crippen molar-refractivity contribution < 1.29 is 36.9 Å². The van der Waals surface area contributed by atoms with Crippen molar-refractivity contribution in [2.24, 2.45) is 9.98 Å². The van der Waals surface area contributed by atoms with Gasteiger partial charge in [-0.25, -0.2) is 28.2 Å². The maximum absolute atomic E-state index is 15.3. The molecule has 1 aliphatic carbocycles. The Kier molecular flexibility index (Phi) is 15.2. The summed E-state index contributed by atoms with van der Waals surface area (Å²) >= 11 is 0. The lowest BCUT2D eigenvalue weighted by Gasteiger charge is -2.52. The number of alkyl halides is 2. The predicted molar refractivity (Wildman–Crippen MR) is 207 cm³/mol. The van der Waals surface area contributed by atoms with Crippen molar-refractivity contribution in [2.45, 2.75) is 104 Å². The molecule has 0 saturated heterocycles. The second-order valence-corrected chi connectivity index (χ2v) is 14.3. The van der Waals surface area contributed by atoms with E-state index in [0.717, 1.165) is 12.8 Å². The van der Waals surface area contributed by atoms with Crippen LogP contribution in [0.15, 0.2) is 76.2 Å². The molecule has 0 aromatic heterocycles. The molecule has 1 saturated carbocycles. The Hall–Kier alpha value is -4.49. The monoisotopic (exact) mass is 757 g/mol. The average molecular weight is 758 g/mol. The normalized spacial score (nSPS) is 15.6. The average Bonchev–Trinajstić information content (AvgIpc) is 3.09. The van der Waals surface area contributed by atoms with Crippen LogP contribution in [0.5, 0.6) is 5.75 Å². The zero-order chi connectivity index (χ0) is 40.4. The molecule has 1 fully saturated rings.